The Morgan fingerprint density at radius 1 is 1.15 bits per heavy atom. The highest BCUT2D eigenvalue weighted by atomic mass is 35.5. The number of carbonyl (C=O) groups excluding carboxylic acids is 1. The summed E-state index contributed by atoms with van der Waals surface area (Å²) in [7, 11) is 1.79. The third-order valence-electron chi connectivity index (χ3n) is 4.35. The molecule has 2 aromatic heterocycles. The first-order valence-corrected chi connectivity index (χ1v) is 8.57. The number of aryl methyl sites for hydroxylation is 1. The fraction of sp³-hybridized carbons (Fsp3) is 0.312. The van der Waals surface area contributed by atoms with Crippen LogP contribution < -0.4 is 10.2 Å². The van der Waals surface area contributed by atoms with Crippen molar-refractivity contribution in [3.63, 3.8) is 0 Å². The van der Waals surface area contributed by atoms with Gasteiger partial charge in [0, 0.05) is 33.2 Å². The van der Waals surface area contributed by atoms with Crippen molar-refractivity contribution in [1.29, 1.82) is 0 Å². The molecule has 1 fully saturated rings. The molecule has 0 radical (unpaired) electrons. The van der Waals surface area contributed by atoms with E-state index in [0.29, 0.717) is 48.1 Å². The topological polar surface area (TPSA) is 92.1 Å². The molecule has 26 heavy (non-hydrogen) atoms. The zero-order valence-electron chi connectivity index (χ0n) is 14.1. The average Bonchev–Trinajstić information content (AvgIpc) is 3.05. The molecule has 0 atom stereocenters. The van der Waals surface area contributed by atoms with E-state index in [4.69, 9.17) is 11.6 Å². The molecular formula is C16H17ClN8O. The first kappa shape index (κ1) is 16.5. The second-order valence-electron chi connectivity index (χ2n) is 5.97. The van der Waals surface area contributed by atoms with E-state index in [-0.39, 0.29) is 6.03 Å². The van der Waals surface area contributed by atoms with Gasteiger partial charge in [0.2, 0.25) is 0 Å². The van der Waals surface area contributed by atoms with Crippen LogP contribution in [0.2, 0.25) is 5.02 Å². The number of para-hydroxylation sites is 1. The Kier molecular flexibility index (Phi) is 4.29. The van der Waals surface area contributed by atoms with Crippen LogP contribution in [0.3, 0.4) is 0 Å². The van der Waals surface area contributed by atoms with Gasteiger partial charge in [-0.05, 0) is 12.1 Å². The molecule has 0 aliphatic carbocycles. The summed E-state index contributed by atoms with van der Waals surface area (Å²) in [6.45, 7) is 2.45. The fourth-order valence-electron chi connectivity index (χ4n) is 2.95. The van der Waals surface area contributed by atoms with Gasteiger partial charge in [0.25, 0.3) is 0 Å². The van der Waals surface area contributed by atoms with Gasteiger partial charge < -0.3 is 15.1 Å². The Hall–Kier alpha value is -2.94. The molecule has 3 aromatic rings. The molecule has 4 rings (SSSR count). The SMILES string of the molecule is Cn1nnc2c(N3CCN(C(=O)Nc4ccccc4Cl)CC3)ncnc21. The standard InChI is InChI=1S/C16H17ClN8O/c1-23-14-13(21-22-23)15(19-10-18-14)24-6-8-25(9-7-24)16(26)20-12-5-3-2-4-11(12)17/h2-5,10H,6-9H2,1H3,(H,20,26). The summed E-state index contributed by atoms with van der Waals surface area (Å²) in [5, 5.41) is 11.5. The number of nitrogens with zero attached hydrogens (tertiary/aromatic N) is 7. The number of hydrogen-bond acceptors (Lipinski definition) is 6. The van der Waals surface area contributed by atoms with E-state index < -0.39 is 0 Å². The van der Waals surface area contributed by atoms with Gasteiger partial charge in [-0.3, -0.25) is 0 Å². The van der Waals surface area contributed by atoms with Gasteiger partial charge >= 0.3 is 6.03 Å². The summed E-state index contributed by atoms with van der Waals surface area (Å²) in [6.07, 6.45) is 1.51. The highest BCUT2D eigenvalue weighted by molar-refractivity contribution is 6.33. The van der Waals surface area contributed by atoms with E-state index >= 15 is 0 Å². The van der Waals surface area contributed by atoms with Crippen LogP contribution in [-0.4, -0.2) is 62.1 Å². The number of fused-ring (bicyclic) bond motifs is 1. The average molecular weight is 373 g/mol. The maximum atomic E-state index is 12.5. The van der Waals surface area contributed by atoms with Crippen LogP contribution in [0.15, 0.2) is 30.6 Å². The van der Waals surface area contributed by atoms with E-state index in [2.05, 4.69) is 30.5 Å². The lowest BCUT2D eigenvalue weighted by atomic mass is 10.3. The van der Waals surface area contributed by atoms with Gasteiger partial charge in [0.1, 0.15) is 6.33 Å². The number of hydrogen-bond donors (Lipinski definition) is 1. The third-order valence-corrected chi connectivity index (χ3v) is 4.68. The number of nitrogens with one attached hydrogen (secondary N) is 1. The molecule has 0 spiro atoms. The molecule has 0 bridgehead atoms. The van der Waals surface area contributed by atoms with Crippen LogP contribution >= 0.6 is 11.6 Å². The lowest BCUT2D eigenvalue weighted by Gasteiger charge is -2.35. The van der Waals surface area contributed by atoms with Gasteiger partial charge in [-0.1, -0.05) is 28.9 Å². The molecule has 0 unspecified atom stereocenters. The van der Waals surface area contributed by atoms with Crippen molar-refractivity contribution in [3.05, 3.63) is 35.6 Å². The molecule has 0 saturated carbocycles. The van der Waals surface area contributed by atoms with Crippen LogP contribution in [0.4, 0.5) is 16.3 Å². The lowest BCUT2D eigenvalue weighted by Crippen LogP contribution is -2.50. The minimum atomic E-state index is -0.162. The number of urea groups is 1. The smallest absolute Gasteiger partial charge is 0.322 e. The minimum absolute atomic E-state index is 0.162. The van der Waals surface area contributed by atoms with E-state index in [1.165, 1.54) is 6.33 Å². The number of anilines is 2. The van der Waals surface area contributed by atoms with Crippen LogP contribution in [0.5, 0.6) is 0 Å². The molecule has 3 heterocycles. The lowest BCUT2D eigenvalue weighted by molar-refractivity contribution is 0.208. The van der Waals surface area contributed by atoms with Crippen molar-refractivity contribution in [2.75, 3.05) is 36.4 Å². The van der Waals surface area contributed by atoms with E-state index in [1.807, 2.05) is 12.1 Å². The summed E-state index contributed by atoms with van der Waals surface area (Å²) < 4.78 is 1.62. The van der Waals surface area contributed by atoms with Crippen molar-refractivity contribution in [1.82, 2.24) is 29.9 Å². The third kappa shape index (κ3) is 3.01. The molecule has 2 amide bonds. The zero-order valence-corrected chi connectivity index (χ0v) is 14.9. The number of benzene rings is 1. The zero-order chi connectivity index (χ0) is 18.1. The summed E-state index contributed by atoms with van der Waals surface area (Å²) in [4.78, 5) is 24.9. The van der Waals surface area contributed by atoms with Crippen LogP contribution in [0.25, 0.3) is 11.2 Å². The summed E-state index contributed by atoms with van der Waals surface area (Å²) in [5.74, 6) is 0.745. The number of halogens is 1. The van der Waals surface area contributed by atoms with Crippen LogP contribution in [0.1, 0.15) is 0 Å². The normalized spacial score (nSPS) is 14.7. The molecule has 10 heteroatoms. The molecule has 1 aliphatic rings. The number of amides is 2. The number of carbonyl (C=O) groups is 1. The van der Waals surface area contributed by atoms with Gasteiger partial charge in [0.05, 0.1) is 10.7 Å². The predicted molar refractivity (Wildman–Crippen MR) is 98.4 cm³/mol. The van der Waals surface area contributed by atoms with Gasteiger partial charge in [0.15, 0.2) is 17.0 Å². The van der Waals surface area contributed by atoms with Gasteiger partial charge in [-0.2, -0.15) is 0 Å². The molecule has 1 N–H and O–H groups in total. The Labute approximate surface area is 154 Å². The summed E-state index contributed by atoms with van der Waals surface area (Å²) in [5.41, 5.74) is 1.97. The second-order valence-corrected chi connectivity index (χ2v) is 6.37. The van der Waals surface area contributed by atoms with Gasteiger partial charge in [-0.15, -0.1) is 5.10 Å². The Morgan fingerprint density at radius 3 is 2.69 bits per heavy atom. The van der Waals surface area contributed by atoms with Crippen molar-refractivity contribution in [2.45, 2.75) is 0 Å². The second kappa shape index (κ2) is 6.75. The first-order valence-electron chi connectivity index (χ1n) is 8.19. The monoisotopic (exact) mass is 372 g/mol. The molecule has 1 aliphatic heterocycles. The fourth-order valence-corrected chi connectivity index (χ4v) is 3.13. The molecule has 134 valence electrons. The van der Waals surface area contributed by atoms with E-state index in [9.17, 15) is 4.79 Å². The number of piperazine rings is 1. The maximum Gasteiger partial charge on any atom is 0.322 e. The quantitative estimate of drug-likeness (QED) is 0.737. The molecule has 9 nitrogen and oxygen atoms in total. The number of rotatable bonds is 2. The highest BCUT2D eigenvalue weighted by Crippen LogP contribution is 2.23. The Balaban J connectivity index is 1.44. The first-order chi connectivity index (χ1) is 12.6. The maximum absolute atomic E-state index is 12.5. The minimum Gasteiger partial charge on any atom is -0.351 e. The summed E-state index contributed by atoms with van der Waals surface area (Å²) in [6, 6.07) is 7.02. The molecule has 1 aromatic carbocycles. The summed E-state index contributed by atoms with van der Waals surface area (Å²) >= 11 is 6.10. The van der Waals surface area contributed by atoms with Crippen LogP contribution in [0, 0.1) is 0 Å². The van der Waals surface area contributed by atoms with E-state index in [1.54, 1.807) is 28.8 Å². The number of aromatic nitrogens is 5. The van der Waals surface area contributed by atoms with Crippen molar-refractivity contribution in [3.8, 4) is 0 Å². The predicted octanol–water partition coefficient (Wildman–Crippen LogP) is 1.77. The highest BCUT2D eigenvalue weighted by Gasteiger charge is 2.24. The van der Waals surface area contributed by atoms with E-state index in [0.717, 1.165) is 5.82 Å². The largest absolute Gasteiger partial charge is 0.351 e. The Bertz CT molecular complexity index is 950. The van der Waals surface area contributed by atoms with Crippen molar-refractivity contribution < 1.29 is 4.79 Å². The van der Waals surface area contributed by atoms with Crippen molar-refractivity contribution in [2.24, 2.45) is 7.05 Å². The van der Waals surface area contributed by atoms with Crippen LogP contribution in [-0.2, 0) is 7.05 Å². The molecular weight excluding hydrogens is 356 g/mol. The molecule has 1 saturated heterocycles. The Morgan fingerprint density at radius 2 is 1.92 bits per heavy atom. The van der Waals surface area contributed by atoms with Gasteiger partial charge in [-0.25, -0.2) is 19.4 Å². The van der Waals surface area contributed by atoms with Crippen molar-refractivity contribution >= 4 is 40.3 Å².